The molecule has 0 atom stereocenters. The lowest BCUT2D eigenvalue weighted by Gasteiger charge is -2.13. The molecule has 2 aromatic carbocycles. The van der Waals surface area contributed by atoms with Crippen molar-refractivity contribution in [1.29, 1.82) is 0 Å². The van der Waals surface area contributed by atoms with E-state index >= 15 is 0 Å². The molecule has 0 radical (unpaired) electrons. The van der Waals surface area contributed by atoms with E-state index in [0.717, 1.165) is 11.1 Å². The number of hydrogen-bond donors (Lipinski definition) is 3. The van der Waals surface area contributed by atoms with Crippen LogP contribution in [0.3, 0.4) is 0 Å². The molecule has 1 heterocycles. The van der Waals surface area contributed by atoms with Gasteiger partial charge < -0.3 is 15.5 Å². The van der Waals surface area contributed by atoms with Gasteiger partial charge >= 0.3 is 0 Å². The molecule has 0 spiro atoms. The minimum absolute atomic E-state index is 0.165. The number of amides is 1. The molecule has 0 aliphatic carbocycles. The van der Waals surface area contributed by atoms with E-state index in [1.807, 2.05) is 44.2 Å². The summed E-state index contributed by atoms with van der Waals surface area (Å²) in [6.45, 7) is 7.76. The maximum atomic E-state index is 12.7. The molecule has 138 valence electrons. The molecule has 0 aliphatic rings. The van der Waals surface area contributed by atoms with Gasteiger partial charge in [0.25, 0.3) is 5.91 Å². The number of benzene rings is 2. The van der Waals surface area contributed by atoms with Crippen molar-refractivity contribution in [2.75, 3.05) is 5.32 Å². The third-order valence-electron chi connectivity index (χ3n) is 4.42. The summed E-state index contributed by atoms with van der Waals surface area (Å²) >= 11 is 0. The first kappa shape index (κ1) is 18.3. The van der Waals surface area contributed by atoms with Crippen LogP contribution in [0.4, 0.5) is 5.69 Å². The van der Waals surface area contributed by atoms with E-state index < -0.39 is 5.91 Å². The monoisotopic (exact) mass is 362 g/mol. The molecule has 1 amide bonds. The topological polar surface area (TPSA) is 74.5 Å². The van der Waals surface area contributed by atoms with Crippen LogP contribution in [0, 0.1) is 0 Å². The number of rotatable bonds is 5. The highest BCUT2D eigenvalue weighted by atomic mass is 16.3. The first-order valence-electron chi connectivity index (χ1n) is 8.68. The number of nitrogens with zero attached hydrogens (tertiary/aromatic N) is 1. The number of carbonyl (C=O) groups is 1. The molecule has 0 fully saturated rings. The molecule has 0 aliphatic heterocycles. The maximum Gasteiger partial charge on any atom is 0.264 e. The van der Waals surface area contributed by atoms with Gasteiger partial charge in [0.15, 0.2) is 0 Å². The van der Waals surface area contributed by atoms with Crippen LogP contribution in [-0.2, 0) is 0 Å². The quantitative estimate of drug-likeness (QED) is 0.604. The molecule has 0 saturated heterocycles. The Morgan fingerprint density at radius 2 is 1.78 bits per heavy atom. The van der Waals surface area contributed by atoms with Crippen molar-refractivity contribution < 1.29 is 15.0 Å². The second-order valence-electron chi connectivity index (χ2n) is 6.57. The smallest absolute Gasteiger partial charge is 0.264 e. The zero-order valence-electron chi connectivity index (χ0n) is 15.3. The number of anilines is 1. The van der Waals surface area contributed by atoms with Gasteiger partial charge in [0, 0.05) is 11.4 Å². The minimum atomic E-state index is -0.570. The zero-order chi connectivity index (χ0) is 19.6. The van der Waals surface area contributed by atoms with Crippen molar-refractivity contribution >= 4 is 17.7 Å². The molecule has 5 nitrogen and oxygen atoms in total. The van der Waals surface area contributed by atoms with E-state index in [2.05, 4.69) is 11.9 Å². The lowest BCUT2D eigenvalue weighted by molar-refractivity contribution is 0.102. The van der Waals surface area contributed by atoms with Crippen molar-refractivity contribution in [3.63, 3.8) is 0 Å². The molecule has 3 N–H and O–H groups in total. The van der Waals surface area contributed by atoms with Crippen LogP contribution >= 0.6 is 0 Å². The molecule has 0 bridgehead atoms. The summed E-state index contributed by atoms with van der Waals surface area (Å²) in [5.41, 5.74) is 3.01. The van der Waals surface area contributed by atoms with Crippen LogP contribution < -0.4 is 5.32 Å². The summed E-state index contributed by atoms with van der Waals surface area (Å²) in [7, 11) is 0. The van der Waals surface area contributed by atoms with E-state index in [-0.39, 0.29) is 23.1 Å². The van der Waals surface area contributed by atoms with Gasteiger partial charge in [0.2, 0.25) is 5.88 Å². The number of hydrogen-bond acceptors (Lipinski definition) is 3. The molecule has 3 rings (SSSR count). The number of carbonyl (C=O) groups excluding carboxylic acids is 1. The summed E-state index contributed by atoms with van der Waals surface area (Å²) in [6, 6.07) is 14.7. The fourth-order valence-corrected chi connectivity index (χ4v) is 2.97. The fraction of sp³-hybridized carbons (Fsp3) is 0.136. The Morgan fingerprint density at radius 3 is 2.41 bits per heavy atom. The zero-order valence-corrected chi connectivity index (χ0v) is 15.3. The predicted octanol–water partition coefficient (Wildman–Crippen LogP) is 4.91. The largest absolute Gasteiger partial charge is 0.505 e. The van der Waals surface area contributed by atoms with Gasteiger partial charge in [-0.05, 0) is 35.2 Å². The second-order valence-corrected chi connectivity index (χ2v) is 6.57. The Hall–Kier alpha value is -3.47. The number of aromatic nitrogens is 1. The van der Waals surface area contributed by atoms with Crippen molar-refractivity contribution in [3.8, 4) is 17.3 Å². The van der Waals surface area contributed by atoms with Crippen LogP contribution in [0.5, 0.6) is 11.6 Å². The Kier molecular flexibility index (Phi) is 5.03. The molecule has 3 aromatic rings. The Labute approximate surface area is 158 Å². The molecule has 1 aromatic heterocycles. The molecular formula is C22H22N2O3. The molecule has 0 unspecified atom stereocenters. The first-order chi connectivity index (χ1) is 12.9. The molecule has 5 heteroatoms. The predicted molar refractivity (Wildman–Crippen MR) is 108 cm³/mol. The normalized spacial score (nSPS) is 10.8. The van der Waals surface area contributed by atoms with Crippen LogP contribution in [0.15, 0.2) is 61.3 Å². The van der Waals surface area contributed by atoms with Gasteiger partial charge in [-0.25, -0.2) is 0 Å². The van der Waals surface area contributed by atoms with Gasteiger partial charge in [0.05, 0.1) is 6.20 Å². The Bertz CT molecular complexity index is 985. The average Bonchev–Trinajstić information content (AvgIpc) is 2.96. The highest BCUT2D eigenvalue weighted by Crippen LogP contribution is 2.34. The van der Waals surface area contributed by atoms with Crippen molar-refractivity contribution in [3.05, 3.63) is 78.0 Å². The first-order valence-corrected chi connectivity index (χ1v) is 8.68. The lowest BCUT2D eigenvalue weighted by atomic mass is 10.0. The number of para-hydroxylation sites is 1. The number of nitrogens with one attached hydrogen (secondary N) is 1. The average molecular weight is 362 g/mol. The summed E-state index contributed by atoms with van der Waals surface area (Å²) in [4.78, 5) is 12.7. The van der Waals surface area contributed by atoms with Crippen LogP contribution in [0.25, 0.3) is 11.8 Å². The molecule has 0 saturated carbocycles. The Morgan fingerprint density at radius 1 is 1.11 bits per heavy atom. The summed E-state index contributed by atoms with van der Waals surface area (Å²) in [6.07, 6.45) is 3.03. The minimum Gasteiger partial charge on any atom is -0.505 e. The Balaban J connectivity index is 1.94. The van der Waals surface area contributed by atoms with E-state index in [0.29, 0.717) is 11.4 Å². The van der Waals surface area contributed by atoms with Gasteiger partial charge in [-0.1, -0.05) is 56.8 Å². The summed E-state index contributed by atoms with van der Waals surface area (Å²) in [5.74, 6) is -0.963. The van der Waals surface area contributed by atoms with Crippen molar-refractivity contribution in [2.45, 2.75) is 19.8 Å². The van der Waals surface area contributed by atoms with E-state index in [4.69, 9.17) is 0 Å². The van der Waals surface area contributed by atoms with Crippen LogP contribution in [0.1, 0.15) is 41.3 Å². The van der Waals surface area contributed by atoms with E-state index in [1.165, 1.54) is 10.8 Å². The van der Waals surface area contributed by atoms with Crippen molar-refractivity contribution in [2.24, 2.45) is 0 Å². The van der Waals surface area contributed by atoms with Gasteiger partial charge in [0.1, 0.15) is 11.3 Å². The van der Waals surface area contributed by atoms with Crippen LogP contribution in [0.2, 0.25) is 0 Å². The summed E-state index contributed by atoms with van der Waals surface area (Å²) < 4.78 is 1.37. The van der Waals surface area contributed by atoms with Gasteiger partial charge in [-0.15, -0.1) is 0 Å². The molecular weight excluding hydrogens is 340 g/mol. The van der Waals surface area contributed by atoms with Gasteiger partial charge in [-0.2, -0.15) is 0 Å². The maximum absolute atomic E-state index is 12.7. The van der Waals surface area contributed by atoms with Crippen LogP contribution in [-0.4, -0.2) is 20.7 Å². The SMILES string of the molecule is C=Cc1ccc(-n2cc(O)c(C(=O)Nc3ccccc3C(C)C)c2O)cc1. The highest BCUT2D eigenvalue weighted by Gasteiger charge is 2.23. The lowest BCUT2D eigenvalue weighted by Crippen LogP contribution is -2.13. The van der Waals surface area contributed by atoms with Gasteiger partial charge in [-0.3, -0.25) is 9.36 Å². The molecule has 27 heavy (non-hydrogen) atoms. The second kappa shape index (κ2) is 7.41. The fourth-order valence-electron chi connectivity index (χ4n) is 2.97. The number of aromatic hydroxyl groups is 2. The standard InChI is InChI=1S/C22H22N2O3/c1-4-15-9-11-16(12-10-15)24-13-19(25)20(22(24)27)21(26)23-18-8-6-5-7-17(18)14(2)3/h4-14,25,27H,1H2,2-3H3,(H,23,26). The highest BCUT2D eigenvalue weighted by molar-refractivity contribution is 6.08. The summed E-state index contributed by atoms with van der Waals surface area (Å²) in [5, 5.41) is 23.6. The van der Waals surface area contributed by atoms with E-state index in [1.54, 1.807) is 24.3 Å². The van der Waals surface area contributed by atoms with Crippen molar-refractivity contribution in [1.82, 2.24) is 4.57 Å². The van der Waals surface area contributed by atoms with E-state index in [9.17, 15) is 15.0 Å². The third kappa shape index (κ3) is 3.58. The third-order valence-corrected chi connectivity index (χ3v) is 4.42.